The molecule has 2 aromatic rings. The van der Waals surface area contributed by atoms with Gasteiger partial charge in [0.05, 0.1) is 19.8 Å². The van der Waals surface area contributed by atoms with Crippen molar-refractivity contribution in [1.29, 1.82) is 0 Å². The Hall–Kier alpha value is -3.76. The van der Waals surface area contributed by atoms with Crippen LogP contribution in [0.3, 0.4) is 0 Å². The summed E-state index contributed by atoms with van der Waals surface area (Å²) >= 11 is 0. The summed E-state index contributed by atoms with van der Waals surface area (Å²) in [7, 11) is 0. The number of rotatable bonds is 8. The third-order valence-corrected chi connectivity index (χ3v) is 6.97. The van der Waals surface area contributed by atoms with E-state index in [1.807, 2.05) is 12.1 Å². The molecule has 10 heteroatoms. The van der Waals surface area contributed by atoms with Crippen molar-refractivity contribution in [3.63, 3.8) is 0 Å². The van der Waals surface area contributed by atoms with Gasteiger partial charge < -0.3 is 19.7 Å². The molecule has 194 valence electrons. The number of nitrogens with zero attached hydrogens (tertiary/aromatic N) is 2. The Morgan fingerprint density at radius 2 is 1.86 bits per heavy atom. The van der Waals surface area contributed by atoms with E-state index in [4.69, 9.17) is 9.47 Å². The van der Waals surface area contributed by atoms with E-state index in [0.29, 0.717) is 29.8 Å². The maximum atomic E-state index is 13.0. The summed E-state index contributed by atoms with van der Waals surface area (Å²) in [5.41, 5.74) is 2.70. The highest BCUT2D eigenvalue weighted by Gasteiger charge is 2.40. The summed E-state index contributed by atoms with van der Waals surface area (Å²) in [5, 5.41) is 5.27. The van der Waals surface area contributed by atoms with E-state index < -0.39 is 11.9 Å². The fraction of sp³-hybridized carbons (Fsp3) is 0.407. The number of hydrogen-bond acceptors (Lipinski definition) is 7. The van der Waals surface area contributed by atoms with Crippen LogP contribution in [0.4, 0.5) is 0 Å². The quantitative estimate of drug-likeness (QED) is 0.515. The van der Waals surface area contributed by atoms with Crippen LogP contribution in [-0.2, 0) is 27.5 Å². The van der Waals surface area contributed by atoms with E-state index in [9.17, 15) is 19.2 Å². The zero-order chi connectivity index (χ0) is 25.8. The average molecular weight is 507 g/mol. The molecule has 4 amide bonds. The highest BCUT2D eigenvalue weighted by Crippen LogP contribution is 2.33. The van der Waals surface area contributed by atoms with Crippen molar-refractivity contribution in [2.45, 2.75) is 32.0 Å². The fourth-order valence-corrected chi connectivity index (χ4v) is 4.86. The highest BCUT2D eigenvalue weighted by molar-refractivity contribution is 6.05. The van der Waals surface area contributed by atoms with Crippen molar-refractivity contribution >= 4 is 23.6 Å². The number of morpholine rings is 1. The second kappa shape index (κ2) is 11.1. The number of fused-ring (bicyclic) bond motifs is 1. The van der Waals surface area contributed by atoms with Crippen LogP contribution in [-0.4, -0.2) is 78.9 Å². The first-order valence-electron chi connectivity index (χ1n) is 12.6. The summed E-state index contributed by atoms with van der Waals surface area (Å²) in [4.78, 5) is 53.0. The predicted octanol–water partition coefficient (Wildman–Crippen LogP) is 1.09. The largest absolute Gasteiger partial charge is 0.489 e. The van der Waals surface area contributed by atoms with E-state index in [2.05, 4.69) is 15.5 Å². The molecule has 0 bridgehead atoms. The van der Waals surface area contributed by atoms with Gasteiger partial charge in [-0.25, -0.2) is 0 Å². The molecule has 37 heavy (non-hydrogen) atoms. The minimum Gasteiger partial charge on any atom is -0.489 e. The van der Waals surface area contributed by atoms with Gasteiger partial charge >= 0.3 is 0 Å². The fourth-order valence-electron chi connectivity index (χ4n) is 4.86. The topological polar surface area (TPSA) is 117 Å². The Bertz CT molecular complexity index is 1190. The number of carbonyl (C=O) groups is 4. The zero-order valence-electron chi connectivity index (χ0n) is 20.5. The molecule has 0 saturated carbocycles. The molecule has 2 aromatic carbocycles. The first-order chi connectivity index (χ1) is 18.0. The van der Waals surface area contributed by atoms with E-state index in [1.165, 1.54) is 4.90 Å². The molecule has 2 saturated heterocycles. The third-order valence-electron chi connectivity index (χ3n) is 6.97. The summed E-state index contributed by atoms with van der Waals surface area (Å²) in [6, 6.07) is 11.8. The molecule has 0 aliphatic carbocycles. The molecule has 10 nitrogen and oxygen atoms in total. The van der Waals surface area contributed by atoms with Crippen molar-refractivity contribution in [3.8, 4) is 5.75 Å². The molecule has 3 heterocycles. The summed E-state index contributed by atoms with van der Waals surface area (Å²) in [5.74, 6) is -0.533. The van der Waals surface area contributed by atoms with Gasteiger partial charge in [0.1, 0.15) is 18.4 Å². The van der Waals surface area contributed by atoms with Crippen molar-refractivity contribution in [2.24, 2.45) is 0 Å². The van der Waals surface area contributed by atoms with Crippen LogP contribution < -0.4 is 15.4 Å². The molecule has 2 N–H and O–H groups in total. The van der Waals surface area contributed by atoms with Gasteiger partial charge in [0, 0.05) is 49.3 Å². The molecule has 1 atom stereocenters. The van der Waals surface area contributed by atoms with Gasteiger partial charge in [0.25, 0.3) is 11.8 Å². The van der Waals surface area contributed by atoms with Crippen LogP contribution in [0, 0.1) is 0 Å². The lowest BCUT2D eigenvalue weighted by atomic mass is 10.0. The van der Waals surface area contributed by atoms with Crippen LogP contribution in [0.15, 0.2) is 42.5 Å². The van der Waals surface area contributed by atoms with Gasteiger partial charge in [0.15, 0.2) is 0 Å². The van der Waals surface area contributed by atoms with Crippen LogP contribution in [0.5, 0.6) is 5.75 Å². The molecule has 3 aliphatic rings. The number of imide groups is 1. The van der Waals surface area contributed by atoms with Gasteiger partial charge in [-0.3, -0.25) is 29.4 Å². The smallest absolute Gasteiger partial charge is 0.255 e. The third kappa shape index (κ3) is 5.65. The SMILES string of the molecule is O=C1CCC(N2Cc3c(OCc4ccc(C(=O)NCCN5CCOCC5)cc4)cccc3C2=O)C(=O)N1. The van der Waals surface area contributed by atoms with E-state index in [1.54, 1.807) is 30.3 Å². The second-order valence-corrected chi connectivity index (χ2v) is 9.38. The van der Waals surface area contributed by atoms with Gasteiger partial charge in [-0.2, -0.15) is 0 Å². The normalized spacial score (nSPS) is 19.9. The Labute approximate surface area is 214 Å². The molecule has 1 unspecified atom stereocenters. The first kappa shape index (κ1) is 24.9. The molecule has 0 aromatic heterocycles. The number of piperidine rings is 1. The Kier molecular flexibility index (Phi) is 7.47. The van der Waals surface area contributed by atoms with Gasteiger partial charge in [0.2, 0.25) is 11.8 Å². The Morgan fingerprint density at radius 1 is 1.08 bits per heavy atom. The number of benzene rings is 2. The zero-order valence-corrected chi connectivity index (χ0v) is 20.5. The minimum atomic E-state index is -0.669. The van der Waals surface area contributed by atoms with Crippen LogP contribution >= 0.6 is 0 Å². The summed E-state index contributed by atoms with van der Waals surface area (Å²) in [6.45, 7) is 5.14. The predicted molar refractivity (Wildman–Crippen MR) is 133 cm³/mol. The molecule has 0 spiro atoms. The summed E-state index contributed by atoms with van der Waals surface area (Å²) in [6.07, 6.45) is 0.523. The highest BCUT2D eigenvalue weighted by atomic mass is 16.5. The lowest BCUT2D eigenvalue weighted by molar-refractivity contribution is -0.136. The van der Waals surface area contributed by atoms with Crippen molar-refractivity contribution in [2.75, 3.05) is 39.4 Å². The number of ether oxygens (including phenoxy) is 2. The van der Waals surface area contributed by atoms with Crippen LogP contribution in [0.2, 0.25) is 0 Å². The Balaban J connectivity index is 1.16. The maximum absolute atomic E-state index is 13.0. The maximum Gasteiger partial charge on any atom is 0.255 e. The van der Waals surface area contributed by atoms with E-state index in [-0.39, 0.29) is 37.3 Å². The molecule has 2 fully saturated rings. The Morgan fingerprint density at radius 3 is 2.62 bits per heavy atom. The average Bonchev–Trinajstić information content (AvgIpc) is 3.25. The number of nitrogens with one attached hydrogen (secondary N) is 2. The standard InChI is InChI=1S/C27H30N4O6/c32-24-9-8-22(26(34)29-24)31-16-21-20(27(31)35)2-1-3-23(21)37-17-18-4-6-19(7-5-18)25(33)28-10-11-30-12-14-36-15-13-30/h1-7,22H,8-17H2,(H,28,33)(H,29,32,34). The summed E-state index contributed by atoms with van der Waals surface area (Å²) < 4.78 is 11.4. The van der Waals surface area contributed by atoms with E-state index >= 15 is 0 Å². The molecule has 0 radical (unpaired) electrons. The number of amides is 4. The molecule has 3 aliphatic heterocycles. The van der Waals surface area contributed by atoms with Crippen molar-refractivity contribution in [1.82, 2.24) is 20.4 Å². The first-order valence-corrected chi connectivity index (χ1v) is 12.6. The molecular weight excluding hydrogens is 476 g/mol. The second-order valence-electron chi connectivity index (χ2n) is 9.38. The molecular formula is C27H30N4O6. The van der Waals surface area contributed by atoms with Gasteiger partial charge in [-0.1, -0.05) is 18.2 Å². The molecule has 5 rings (SSSR count). The number of carbonyl (C=O) groups excluding carboxylic acids is 4. The lowest BCUT2D eigenvalue weighted by Crippen LogP contribution is -2.52. The van der Waals surface area contributed by atoms with Gasteiger partial charge in [-0.15, -0.1) is 0 Å². The number of hydrogen-bond donors (Lipinski definition) is 2. The van der Waals surface area contributed by atoms with Crippen LogP contribution in [0.1, 0.15) is 44.7 Å². The van der Waals surface area contributed by atoms with Crippen molar-refractivity contribution < 1.29 is 28.7 Å². The van der Waals surface area contributed by atoms with Crippen LogP contribution in [0.25, 0.3) is 0 Å². The lowest BCUT2D eigenvalue weighted by Gasteiger charge is -2.29. The monoisotopic (exact) mass is 506 g/mol. The van der Waals surface area contributed by atoms with E-state index in [0.717, 1.165) is 44.0 Å². The van der Waals surface area contributed by atoms with Gasteiger partial charge in [-0.05, 0) is 36.2 Å². The minimum absolute atomic E-state index is 0.117. The van der Waals surface area contributed by atoms with Crippen molar-refractivity contribution in [3.05, 3.63) is 64.7 Å².